The van der Waals surface area contributed by atoms with Gasteiger partial charge in [0.15, 0.2) is 0 Å². The highest BCUT2D eigenvalue weighted by molar-refractivity contribution is 7.90. The molecule has 140 valence electrons. The molecule has 1 aliphatic carbocycles. The van der Waals surface area contributed by atoms with Gasteiger partial charge in [0, 0.05) is 31.2 Å². The number of sulfonamides is 1. The largest absolute Gasteiger partial charge is 0.340 e. The van der Waals surface area contributed by atoms with E-state index in [4.69, 9.17) is 0 Å². The van der Waals surface area contributed by atoms with Crippen LogP contribution in [0.1, 0.15) is 51.9 Å². The third-order valence-corrected chi connectivity index (χ3v) is 6.87. The minimum Gasteiger partial charge on any atom is -0.340 e. The maximum absolute atomic E-state index is 12.4. The fourth-order valence-electron chi connectivity index (χ4n) is 4.10. The molecule has 1 saturated carbocycles. The van der Waals surface area contributed by atoms with E-state index in [-0.39, 0.29) is 24.4 Å². The standard InChI is InChI=1S/C16H29N3O3S.ClH/c1-12-2-4-14(5-3-12)18-23(21,22)11-16(20)19-9-8-13-6-7-15(10-19)17-13;/h12-15,17-18H,2-11H2,1H3;1H. The zero-order valence-electron chi connectivity index (χ0n) is 14.4. The van der Waals surface area contributed by atoms with Crippen molar-refractivity contribution < 1.29 is 13.2 Å². The molecule has 0 radical (unpaired) electrons. The van der Waals surface area contributed by atoms with Gasteiger partial charge in [-0.1, -0.05) is 6.92 Å². The topological polar surface area (TPSA) is 78.5 Å². The number of rotatable bonds is 4. The Bertz CT molecular complexity index is 535. The molecular weight excluding hydrogens is 350 g/mol. The summed E-state index contributed by atoms with van der Waals surface area (Å²) >= 11 is 0. The van der Waals surface area contributed by atoms with Gasteiger partial charge in [0.25, 0.3) is 0 Å². The van der Waals surface area contributed by atoms with Crippen molar-refractivity contribution in [2.24, 2.45) is 5.92 Å². The Kier molecular flexibility index (Phi) is 6.93. The van der Waals surface area contributed by atoms with Crippen molar-refractivity contribution in [2.45, 2.75) is 70.0 Å². The maximum Gasteiger partial charge on any atom is 0.239 e. The summed E-state index contributed by atoms with van der Waals surface area (Å²) in [4.78, 5) is 14.2. The molecule has 6 nitrogen and oxygen atoms in total. The monoisotopic (exact) mass is 379 g/mol. The molecule has 1 amide bonds. The van der Waals surface area contributed by atoms with Crippen molar-refractivity contribution >= 4 is 28.3 Å². The Morgan fingerprint density at radius 1 is 1.08 bits per heavy atom. The lowest BCUT2D eigenvalue weighted by atomic mass is 9.88. The van der Waals surface area contributed by atoms with E-state index in [1.165, 1.54) is 6.42 Å². The Morgan fingerprint density at radius 2 is 1.75 bits per heavy atom. The van der Waals surface area contributed by atoms with Crippen LogP contribution in [0.2, 0.25) is 0 Å². The first kappa shape index (κ1) is 19.9. The van der Waals surface area contributed by atoms with Crippen molar-refractivity contribution in [1.29, 1.82) is 0 Å². The molecule has 2 aliphatic heterocycles. The Morgan fingerprint density at radius 3 is 2.46 bits per heavy atom. The third kappa shape index (κ3) is 5.31. The lowest BCUT2D eigenvalue weighted by Gasteiger charge is -2.28. The molecular formula is C16H30ClN3O3S. The second-order valence-electron chi connectivity index (χ2n) is 7.60. The summed E-state index contributed by atoms with van der Waals surface area (Å²) in [5, 5.41) is 3.51. The fourth-order valence-corrected chi connectivity index (χ4v) is 5.43. The Hall–Kier alpha value is -0.370. The van der Waals surface area contributed by atoms with E-state index in [2.05, 4.69) is 17.0 Å². The molecule has 2 saturated heterocycles. The average Bonchev–Trinajstić information content (AvgIpc) is 2.79. The van der Waals surface area contributed by atoms with E-state index in [1.807, 2.05) is 0 Å². The normalized spacial score (nSPS) is 33.6. The number of hydrogen-bond donors (Lipinski definition) is 2. The molecule has 2 bridgehead atoms. The predicted octanol–water partition coefficient (Wildman–Crippen LogP) is 1.26. The smallest absolute Gasteiger partial charge is 0.239 e. The summed E-state index contributed by atoms with van der Waals surface area (Å²) in [5.74, 6) is 0.0182. The van der Waals surface area contributed by atoms with Crippen LogP contribution in [0.15, 0.2) is 0 Å². The molecule has 8 heteroatoms. The molecule has 24 heavy (non-hydrogen) atoms. The van der Waals surface area contributed by atoms with Crippen LogP contribution in [0, 0.1) is 5.92 Å². The van der Waals surface area contributed by atoms with Gasteiger partial charge in [-0.2, -0.15) is 0 Å². The van der Waals surface area contributed by atoms with Crippen molar-refractivity contribution in [2.75, 3.05) is 18.8 Å². The van der Waals surface area contributed by atoms with Crippen LogP contribution in [0.3, 0.4) is 0 Å². The zero-order valence-corrected chi connectivity index (χ0v) is 16.0. The second kappa shape index (κ2) is 8.34. The highest BCUT2D eigenvalue weighted by atomic mass is 35.5. The molecule has 0 aromatic carbocycles. The van der Waals surface area contributed by atoms with Crippen LogP contribution < -0.4 is 10.0 Å². The third-order valence-electron chi connectivity index (χ3n) is 5.55. The lowest BCUT2D eigenvalue weighted by molar-refractivity contribution is -0.128. The first-order chi connectivity index (χ1) is 10.9. The summed E-state index contributed by atoms with van der Waals surface area (Å²) in [6.07, 6.45) is 7.06. The van der Waals surface area contributed by atoms with Crippen LogP contribution in [-0.4, -0.2) is 56.2 Å². The van der Waals surface area contributed by atoms with Gasteiger partial charge in [-0.3, -0.25) is 4.79 Å². The van der Waals surface area contributed by atoms with E-state index in [0.29, 0.717) is 31.1 Å². The number of carbonyl (C=O) groups is 1. The number of hydrogen-bond acceptors (Lipinski definition) is 4. The van der Waals surface area contributed by atoms with Gasteiger partial charge < -0.3 is 10.2 Å². The number of likely N-dealkylation sites (tertiary alicyclic amines) is 1. The molecule has 3 fully saturated rings. The number of halogens is 1. The van der Waals surface area contributed by atoms with Crippen LogP contribution in [0.4, 0.5) is 0 Å². The van der Waals surface area contributed by atoms with Crippen LogP contribution >= 0.6 is 12.4 Å². The van der Waals surface area contributed by atoms with Crippen molar-refractivity contribution in [3.63, 3.8) is 0 Å². The Labute approximate surface area is 151 Å². The number of nitrogens with zero attached hydrogens (tertiary/aromatic N) is 1. The molecule has 3 aliphatic rings. The van der Waals surface area contributed by atoms with Crippen molar-refractivity contribution in [1.82, 2.24) is 14.9 Å². The molecule has 2 atom stereocenters. The van der Waals surface area contributed by atoms with Gasteiger partial charge >= 0.3 is 0 Å². The SMILES string of the molecule is CC1CCC(NS(=O)(=O)CC(=O)N2CCC3CCC(C2)N3)CC1.Cl. The van der Waals surface area contributed by atoms with Gasteiger partial charge in [-0.25, -0.2) is 13.1 Å². The first-order valence-corrected chi connectivity index (χ1v) is 10.6. The molecule has 2 N–H and O–H groups in total. The predicted molar refractivity (Wildman–Crippen MR) is 96.7 cm³/mol. The number of nitrogens with one attached hydrogen (secondary N) is 2. The van der Waals surface area contributed by atoms with E-state index < -0.39 is 15.8 Å². The molecule has 0 spiro atoms. The maximum atomic E-state index is 12.4. The van der Waals surface area contributed by atoms with Gasteiger partial charge in [-0.15, -0.1) is 12.4 Å². The van der Waals surface area contributed by atoms with E-state index in [1.54, 1.807) is 4.90 Å². The van der Waals surface area contributed by atoms with Gasteiger partial charge in [0.05, 0.1) is 0 Å². The average molecular weight is 380 g/mol. The lowest BCUT2D eigenvalue weighted by Crippen LogP contribution is -2.45. The first-order valence-electron chi connectivity index (χ1n) is 8.95. The highest BCUT2D eigenvalue weighted by Crippen LogP contribution is 2.24. The molecule has 0 aromatic rings. The minimum absolute atomic E-state index is 0. The summed E-state index contributed by atoms with van der Waals surface area (Å²) in [6.45, 7) is 3.52. The number of carbonyl (C=O) groups excluding carboxylic acids is 1. The summed E-state index contributed by atoms with van der Waals surface area (Å²) in [5.41, 5.74) is 0. The van der Waals surface area contributed by atoms with Gasteiger partial charge in [-0.05, 0) is 50.9 Å². The Balaban J connectivity index is 0.00000208. The van der Waals surface area contributed by atoms with E-state index >= 15 is 0 Å². The zero-order chi connectivity index (χ0) is 16.4. The van der Waals surface area contributed by atoms with E-state index in [9.17, 15) is 13.2 Å². The molecule has 3 rings (SSSR count). The summed E-state index contributed by atoms with van der Waals surface area (Å²) < 4.78 is 27.4. The molecule has 0 aromatic heterocycles. The van der Waals surface area contributed by atoms with Crippen molar-refractivity contribution in [3.05, 3.63) is 0 Å². The number of amides is 1. The van der Waals surface area contributed by atoms with Crippen LogP contribution in [0.5, 0.6) is 0 Å². The molecule has 2 heterocycles. The van der Waals surface area contributed by atoms with Crippen molar-refractivity contribution in [3.8, 4) is 0 Å². The quantitative estimate of drug-likeness (QED) is 0.770. The van der Waals surface area contributed by atoms with Gasteiger partial charge in [0.1, 0.15) is 5.75 Å². The second-order valence-corrected chi connectivity index (χ2v) is 9.35. The van der Waals surface area contributed by atoms with Crippen LogP contribution in [-0.2, 0) is 14.8 Å². The van der Waals surface area contributed by atoms with E-state index in [0.717, 1.165) is 38.5 Å². The fraction of sp³-hybridized carbons (Fsp3) is 0.938. The minimum atomic E-state index is -3.53. The van der Waals surface area contributed by atoms with Gasteiger partial charge in [0.2, 0.25) is 15.9 Å². The number of fused-ring (bicyclic) bond motifs is 2. The summed E-state index contributed by atoms with van der Waals surface area (Å²) in [7, 11) is -3.53. The molecule has 2 unspecified atom stereocenters. The summed E-state index contributed by atoms with van der Waals surface area (Å²) in [6, 6.07) is 0.838. The highest BCUT2D eigenvalue weighted by Gasteiger charge is 2.33. The van der Waals surface area contributed by atoms with Crippen LogP contribution in [0.25, 0.3) is 0 Å².